The van der Waals surface area contributed by atoms with Crippen molar-refractivity contribution >= 4 is 21.6 Å². The fraction of sp³-hybridized carbons (Fsp3) is 0.333. The van der Waals surface area contributed by atoms with Gasteiger partial charge in [0.15, 0.2) is 0 Å². The Morgan fingerprint density at radius 2 is 2.43 bits per heavy atom. The molecule has 0 aliphatic rings. The number of nitrogens with zero attached hydrogens (tertiary/aromatic N) is 2. The number of hydrogen-bond acceptors (Lipinski definition) is 3. The normalized spacial score (nSPS) is 11.0. The van der Waals surface area contributed by atoms with Crippen LogP contribution < -0.4 is 5.56 Å². The largest absolute Gasteiger partial charge is 0.296 e. The quantitative estimate of drug-likeness (QED) is 0.760. The fourth-order valence-electron chi connectivity index (χ4n) is 1.33. The molecule has 0 unspecified atom stereocenters. The number of alkyl halides is 1. The maximum Gasteiger partial charge on any atom is 0.262 e. The molecule has 0 bridgehead atoms. The lowest BCUT2D eigenvalue weighted by Gasteiger charge is -1.99. The zero-order valence-electron chi connectivity index (χ0n) is 7.66. The zero-order valence-corrected chi connectivity index (χ0v) is 8.47. The van der Waals surface area contributed by atoms with E-state index in [9.17, 15) is 9.18 Å². The van der Waals surface area contributed by atoms with Gasteiger partial charge < -0.3 is 0 Å². The van der Waals surface area contributed by atoms with E-state index in [1.807, 2.05) is 6.92 Å². The van der Waals surface area contributed by atoms with Crippen LogP contribution in [0.2, 0.25) is 0 Å². The highest BCUT2D eigenvalue weighted by Gasteiger charge is 2.06. The first-order valence-electron chi connectivity index (χ1n) is 4.24. The highest BCUT2D eigenvalue weighted by atomic mass is 32.1. The molecule has 2 heterocycles. The molecule has 14 heavy (non-hydrogen) atoms. The summed E-state index contributed by atoms with van der Waals surface area (Å²) in [6.45, 7) is 1.46. The van der Waals surface area contributed by atoms with Crippen LogP contribution in [0, 0.1) is 6.92 Å². The summed E-state index contributed by atoms with van der Waals surface area (Å²) in [4.78, 5) is 17.6. The second-order valence-corrected chi connectivity index (χ2v) is 4.24. The van der Waals surface area contributed by atoms with Gasteiger partial charge in [0.25, 0.3) is 5.56 Å². The summed E-state index contributed by atoms with van der Waals surface area (Å²) in [5.41, 5.74) is -0.156. The van der Waals surface area contributed by atoms with E-state index in [4.69, 9.17) is 0 Å². The minimum atomic E-state index is -0.545. The molecule has 0 spiro atoms. The van der Waals surface area contributed by atoms with Gasteiger partial charge in [0.2, 0.25) is 0 Å². The fourth-order valence-corrected chi connectivity index (χ4v) is 2.17. The van der Waals surface area contributed by atoms with E-state index in [1.54, 1.807) is 6.07 Å². The van der Waals surface area contributed by atoms with Crippen LogP contribution in [0.1, 0.15) is 4.88 Å². The molecule has 2 aromatic rings. The van der Waals surface area contributed by atoms with E-state index in [-0.39, 0.29) is 12.1 Å². The lowest BCUT2D eigenvalue weighted by atomic mass is 10.4. The molecule has 74 valence electrons. The summed E-state index contributed by atoms with van der Waals surface area (Å²) >= 11 is 1.47. The van der Waals surface area contributed by atoms with Crippen LogP contribution in [0.3, 0.4) is 0 Å². The van der Waals surface area contributed by atoms with Crippen LogP contribution in [-0.4, -0.2) is 16.2 Å². The number of thiophene rings is 1. The first kappa shape index (κ1) is 9.33. The van der Waals surface area contributed by atoms with Crippen molar-refractivity contribution in [1.82, 2.24) is 9.55 Å². The van der Waals surface area contributed by atoms with Gasteiger partial charge >= 0.3 is 0 Å². The minimum absolute atomic E-state index is 0.0800. The van der Waals surface area contributed by atoms with Crippen LogP contribution in [0.5, 0.6) is 0 Å². The zero-order chi connectivity index (χ0) is 10.1. The van der Waals surface area contributed by atoms with Crippen LogP contribution in [0.15, 0.2) is 17.2 Å². The van der Waals surface area contributed by atoms with Gasteiger partial charge in [-0.15, -0.1) is 11.3 Å². The van der Waals surface area contributed by atoms with Crippen molar-refractivity contribution in [3.63, 3.8) is 0 Å². The molecule has 0 N–H and O–H groups in total. The van der Waals surface area contributed by atoms with E-state index in [0.29, 0.717) is 5.39 Å². The Morgan fingerprint density at radius 1 is 1.64 bits per heavy atom. The third-order valence-corrected chi connectivity index (χ3v) is 2.93. The molecule has 0 fully saturated rings. The Kier molecular flexibility index (Phi) is 2.33. The number of aromatic nitrogens is 2. The summed E-state index contributed by atoms with van der Waals surface area (Å²) in [7, 11) is 0. The van der Waals surface area contributed by atoms with E-state index in [2.05, 4.69) is 4.98 Å². The number of fused-ring (bicyclic) bond motifs is 1. The van der Waals surface area contributed by atoms with Gasteiger partial charge in [-0.2, -0.15) is 0 Å². The van der Waals surface area contributed by atoms with Crippen LogP contribution >= 0.6 is 11.3 Å². The first-order valence-corrected chi connectivity index (χ1v) is 5.05. The maximum absolute atomic E-state index is 12.1. The lowest BCUT2D eigenvalue weighted by molar-refractivity contribution is 0.439. The van der Waals surface area contributed by atoms with Gasteiger partial charge in [0.1, 0.15) is 11.5 Å². The maximum atomic E-state index is 12.1. The molecule has 0 aliphatic heterocycles. The topological polar surface area (TPSA) is 34.9 Å². The minimum Gasteiger partial charge on any atom is -0.296 e. The van der Waals surface area contributed by atoms with Gasteiger partial charge in [-0.05, 0) is 13.0 Å². The van der Waals surface area contributed by atoms with Crippen LogP contribution in [-0.2, 0) is 6.54 Å². The standard InChI is InChI=1S/C9H9FN2OS/c1-6-4-7-8(14-6)11-5-12(3-2-10)9(7)13/h4-5H,2-3H2,1H3. The molecule has 0 saturated carbocycles. The molecular weight excluding hydrogens is 203 g/mol. The molecule has 3 nitrogen and oxygen atoms in total. The summed E-state index contributed by atoms with van der Waals surface area (Å²) in [5.74, 6) is 0. The molecule has 0 radical (unpaired) electrons. The number of halogens is 1. The summed E-state index contributed by atoms with van der Waals surface area (Å²) in [6, 6.07) is 1.80. The Morgan fingerprint density at radius 3 is 3.14 bits per heavy atom. The molecule has 0 aliphatic carbocycles. The van der Waals surface area contributed by atoms with Crippen molar-refractivity contribution in [3.05, 3.63) is 27.6 Å². The van der Waals surface area contributed by atoms with E-state index in [1.165, 1.54) is 22.2 Å². The predicted octanol–water partition coefficient (Wildman–Crippen LogP) is 1.74. The second-order valence-electron chi connectivity index (χ2n) is 3.01. The van der Waals surface area contributed by atoms with Crippen molar-refractivity contribution in [1.29, 1.82) is 0 Å². The monoisotopic (exact) mass is 212 g/mol. The van der Waals surface area contributed by atoms with Gasteiger partial charge in [0, 0.05) is 4.88 Å². The second kappa shape index (κ2) is 3.49. The summed E-state index contributed by atoms with van der Waals surface area (Å²) in [6.07, 6.45) is 1.40. The molecule has 2 rings (SSSR count). The number of hydrogen-bond donors (Lipinski definition) is 0. The van der Waals surface area contributed by atoms with Crippen molar-refractivity contribution in [2.24, 2.45) is 0 Å². The van der Waals surface area contributed by atoms with Crippen molar-refractivity contribution < 1.29 is 4.39 Å². The van der Waals surface area contributed by atoms with E-state index >= 15 is 0 Å². The van der Waals surface area contributed by atoms with Crippen LogP contribution in [0.25, 0.3) is 10.2 Å². The van der Waals surface area contributed by atoms with Gasteiger partial charge in [-0.3, -0.25) is 9.36 Å². The molecule has 0 saturated heterocycles. The smallest absolute Gasteiger partial charge is 0.262 e. The number of aryl methyl sites for hydroxylation is 2. The predicted molar refractivity (Wildman–Crippen MR) is 54.6 cm³/mol. The van der Waals surface area contributed by atoms with Gasteiger partial charge in [-0.1, -0.05) is 0 Å². The van der Waals surface area contributed by atoms with E-state index in [0.717, 1.165) is 9.71 Å². The SMILES string of the molecule is Cc1cc2c(=O)n(CCF)cnc2s1. The molecule has 0 amide bonds. The Bertz CT molecular complexity index is 517. The third kappa shape index (κ3) is 1.43. The van der Waals surface area contributed by atoms with Gasteiger partial charge in [0.05, 0.1) is 18.3 Å². The van der Waals surface area contributed by atoms with Crippen molar-refractivity contribution in [2.45, 2.75) is 13.5 Å². The Balaban J connectivity index is 2.68. The highest BCUT2D eigenvalue weighted by Crippen LogP contribution is 2.19. The average Bonchev–Trinajstić information content (AvgIpc) is 2.52. The Hall–Kier alpha value is -1.23. The van der Waals surface area contributed by atoms with Crippen LogP contribution in [0.4, 0.5) is 4.39 Å². The summed E-state index contributed by atoms with van der Waals surface area (Å²) in [5, 5.41) is 0.587. The van der Waals surface area contributed by atoms with Crippen molar-refractivity contribution in [2.75, 3.05) is 6.67 Å². The lowest BCUT2D eigenvalue weighted by Crippen LogP contribution is -2.20. The Labute approximate surface area is 83.8 Å². The average molecular weight is 212 g/mol. The van der Waals surface area contributed by atoms with Crippen molar-refractivity contribution in [3.8, 4) is 0 Å². The summed E-state index contributed by atoms with van der Waals surface area (Å²) < 4.78 is 13.4. The van der Waals surface area contributed by atoms with E-state index < -0.39 is 6.67 Å². The van der Waals surface area contributed by atoms with Gasteiger partial charge in [-0.25, -0.2) is 9.37 Å². The molecule has 2 aromatic heterocycles. The first-order chi connectivity index (χ1) is 6.72. The molecular formula is C9H9FN2OS. The molecule has 5 heteroatoms. The molecule has 0 atom stereocenters. The number of rotatable bonds is 2. The highest BCUT2D eigenvalue weighted by molar-refractivity contribution is 7.18. The molecule has 0 aromatic carbocycles. The third-order valence-electron chi connectivity index (χ3n) is 1.97.